The smallest absolute Gasteiger partial charge is 0.141 e. The molecular formula is C10H16N4O. The first-order valence-electron chi connectivity index (χ1n) is 5.11. The van der Waals surface area contributed by atoms with Crippen molar-refractivity contribution in [1.82, 2.24) is 4.98 Å². The minimum absolute atomic E-state index is 0.514. The van der Waals surface area contributed by atoms with Gasteiger partial charge in [0.2, 0.25) is 0 Å². The van der Waals surface area contributed by atoms with Crippen LogP contribution in [0.3, 0.4) is 0 Å². The molecule has 1 aromatic heterocycles. The summed E-state index contributed by atoms with van der Waals surface area (Å²) in [6, 6.07) is 3.66. The third-order valence-electron chi connectivity index (χ3n) is 2.81. The Morgan fingerprint density at radius 2 is 2.33 bits per heavy atom. The maximum absolute atomic E-state index is 9.88. The number of nitrogens with two attached hydrogens (primary N) is 1. The molecule has 0 saturated heterocycles. The molecule has 0 unspecified atom stereocenters. The van der Waals surface area contributed by atoms with E-state index in [2.05, 4.69) is 15.7 Å². The summed E-state index contributed by atoms with van der Waals surface area (Å²) in [5.74, 6) is 5.86. The molecule has 0 amide bonds. The monoisotopic (exact) mass is 208 g/mol. The molecule has 1 aromatic rings. The number of aromatic nitrogens is 1. The van der Waals surface area contributed by atoms with Gasteiger partial charge in [-0.25, -0.2) is 10.8 Å². The minimum atomic E-state index is -0.514. The standard InChI is InChI=1S/C10H16N4O/c11-14-9-6-8(2-5-12-9)13-7-10(15)3-1-4-10/h2,5-6,15H,1,3-4,7,11H2,(H2,12,13,14). The fourth-order valence-corrected chi connectivity index (χ4v) is 1.65. The number of hydrazine groups is 1. The highest BCUT2D eigenvalue weighted by molar-refractivity contribution is 5.51. The van der Waals surface area contributed by atoms with Crippen LogP contribution in [0.25, 0.3) is 0 Å². The molecule has 0 bridgehead atoms. The molecule has 2 rings (SSSR count). The predicted molar refractivity (Wildman–Crippen MR) is 59.3 cm³/mol. The first kappa shape index (κ1) is 10.2. The molecule has 1 heterocycles. The molecule has 5 N–H and O–H groups in total. The number of pyridine rings is 1. The Labute approximate surface area is 88.7 Å². The summed E-state index contributed by atoms with van der Waals surface area (Å²) in [7, 11) is 0. The molecule has 0 aromatic carbocycles. The highest BCUT2D eigenvalue weighted by atomic mass is 16.3. The number of nitrogens with zero attached hydrogens (tertiary/aromatic N) is 1. The van der Waals surface area contributed by atoms with E-state index < -0.39 is 5.60 Å². The van der Waals surface area contributed by atoms with E-state index in [1.54, 1.807) is 6.20 Å². The Hall–Kier alpha value is -1.33. The molecular weight excluding hydrogens is 192 g/mol. The number of rotatable bonds is 4. The summed E-state index contributed by atoms with van der Waals surface area (Å²) in [4.78, 5) is 4.00. The Morgan fingerprint density at radius 1 is 1.53 bits per heavy atom. The average molecular weight is 208 g/mol. The van der Waals surface area contributed by atoms with E-state index >= 15 is 0 Å². The van der Waals surface area contributed by atoms with E-state index in [4.69, 9.17) is 5.84 Å². The van der Waals surface area contributed by atoms with Crippen molar-refractivity contribution in [3.05, 3.63) is 18.3 Å². The van der Waals surface area contributed by atoms with E-state index in [-0.39, 0.29) is 0 Å². The van der Waals surface area contributed by atoms with Crippen molar-refractivity contribution in [3.63, 3.8) is 0 Å². The number of nitrogen functional groups attached to an aromatic ring is 1. The number of nitrogens with one attached hydrogen (secondary N) is 2. The van der Waals surface area contributed by atoms with Gasteiger partial charge in [-0.15, -0.1) is 0 Å². The van der Waals surface area contributed by atoms with Crippen LogP contribution in [-0.4, -0.2) is 22.2 Å². The molecule has 5 heteroatoms. The van der Waals surface area contributed by atoms with Crippen LogP contribution in [-0.2, 0) is 0 Å². The zero-order valence-corrected chi connectivity index (χ0v) is 8.53. The summed E-state index contributed by atoms with van der Waals surface area (Å²) < 4.78 is 0. The van der Waals surface area contributed by atoms with Gasteiger partial charge in [-0.1, -0.05) is 0 Å². The SMILES string of the molecule is NNc1cc(NCC2(O)CCC2)ccn1. The van der Waals surface area contributed by atoms with Gasteiger partial charge in [0.15, 0.2) is 0 Å². The van der Waals surface area contributed by atoms with Gasteiger partial charge < -0.3 is 15.8 Å². The molecule has 0 atom stereocenters. The van der Waals surface area contributed by atoms with Gasteiger partial charge in [0.25, 0.3) is 0 Å². The highest BCUT2D eigenvalue weighted by Gasteiger charge is 2.33. The largest absolute Gasteiger partial charge is 0.388 e. The summed E-state index contributed by atoms with van der Waals surface area (Å²) in [6.45, 7) is 0.584. The lowest BCUT2D eigenvalue weighted by atomic mass is 9.80. The molecule has 15 heavy (non-hydrogen) atoms. The van der Waals surface area contributed by atoms with Crippen LogP contribution in [0.2, 0.25) is 0 Å². The van der Waals surface area contributed by atoms with Crippen LogP contribution in [0.4, 0.5) is 11.5 Å². The van der Waals surface area contributed by atoms with Gasteiger partial charge in [0.05, 0.1) is 5.60 Å². The van der Waals surface area contributed by atoms with Gasteiger partial charge in [-0.2, -0.15) is 0 Å². The van der Waals surface area contributed by atoms with E-state index in [1.165, 1.54) is 0 Å². The lowest BCUT2D eigenvalue weighted by molar-refractivity contribution is -0.0201. The molecule has 1 aliphatic carbocycles. The normalized spacial score (nSPS) is 18.0. The van der Waals surface area contributed by atoms with Crippen LogP contribution in [0.5, 0.6) is 0 Å². The van der Waals surface area contributed by atoms with Gasteiger partial charge in [0.1, 0.15) is 5.82 Å². The Bertz CT molecular complexity index is 338. The third-order valence-corrected chi connectivity index (χ3v) is 2.81. The quantitative estimate of drug-likeness (QED) is 0.432. The summed E-state index contributed by atoms with van der Waals surface area (Å²) in [5.41, 5.74) is 2.88. The zero-order chi connectivity index (χ0) is 10.7. The molecule has 1 aliphatic rings. The molecule has 1 saturated carbocycles. The fraction of sp³-hybridized carbons (Fsp3) is 0.500. The van der Waals surface area contributed by atoms with Crippen molar-refractivity contribution in [1.29, 1.82) is 0 Å². The maximum atomic E-state index is 9.88. The van der Waals surface area contributed by atoms with Crippen molar-refractivity contribution in [3.8, 4) is 0 Å². The molecule has 0 radical (unpaired) electrons. The van der Waals surface area contributed by atoms with E-state index in [1.807, 2.05) is 12.1 Å². The van der Waals surface area contributed by atoms with Crippen molar-refractivity contribution in [2.45, 2.75) is 24.9 Å². The second kappa shape index (κ2) is 4.04. The topological polar surface area (TPSA) is 83.2 Å². The summed E-state index contributed by atoms with van der Waals surface area (Å²) in [6.07, 6.45) is 4.55. The number of aliphatic hydroxyl groups is 1. The van der Waals surface area contributed by atoms with Crippen LogP contribution < -0.4 is 16.6 Å². The van der Waals surface area contributed by atoms with Gasteiger partial charge in [-0.3, -0.25) is 0 Å². The maximum Gasteiger partial charge on any atom is 0.141 e. The summed E-state index contributed by atoms with van der Waals surface area (Å²) in [5, 5.41) is 13.1. The predicted octanol–water partition coefficient (Wildman–Crippen LogP) is 0.694. The third kappa shape index (κ3) is 2.37. The van der Waals surface area contributed by atoms with Crippen LogP contribution in [0.1, 0.15) is 19.3 Å². The second-order valence-corrected chi connectivity index (χ2v) is 4.01. The van der Waals surface area contributed by atoms with Crippen LogP contribution >= 0.6 is 0 Å². The first-order chi connectivity index (χ1) is 7.22. The number of hydrogen-bond donors (Lipinski definition) is 4. The molecule has 0 spiro atoms. The first-order valence-corrected chi connectivity index (χ1v) is 5.11. The summed E-state index contributed by atoms with van der Waals surface area (Å²) >= 11 is 0. The van der Waals surface area contributed by atoms with Crippen molar-refractivity contribution in [2.75, 3.05) is 17.3 Å². The van der Waals surface area contributed by atoms with Crippen LogP contribution in [0, 0.1) is 0 Å². The lowest BCUT2D eigenvalue weighted by Crippen LogP contribution is -2.43. The number of hydrogen-bond acceptors (Lipinski definition) is 5. The van der Waals surface area contributed by atoms with Gasteiger partial charge >= 0.3 is 0 Å². The van der Waals surface area contributed by atoms with E-state index in [9.17, 15) is 5.11 Å². The van der Waals surface area contributed by atoms with Crippen molar-refractivity contribution in [2.24, 2.45) is 5.84 Å². The van der Waals surface area contributed by atoms with Crippen molar-refractivity contribution >= 4 is 11.5 Å². The molecule has 82 valence electrons. The van der Waals surface area contributed by atoms with Crippen LogP contribution in [0.15, 0.2) is 18.3 Å². The molecule has 5 nitrogen and oxygen atoms in total. The Balaban J connectivity index is 1.92. The average Bonchev–Trinajstić information content (AvgIpc) is 2.24. The van der Waals surface area contributed by atoms with E-state index in [0.29, 0.717) is 12.4 Å². The lowest BCUT2D eigenvalue weighted by Gasteiger charge is -2.36. The minimum Gasteiger partial charge on any atom is -0.388 e. The zero-order valence-electron chi connectivity index (χ0n) is 8.53. The van der Waals surface area contributed by atoms with Crippen molar-refractivity contribution < 1.29 is 5.11 Å². The molecule has 0 aliphatic heterocycles. The highest BCUT2D eigenvalue weighted by Crippen LogP contribution is 2.31. The van der Waals surface area contributed by atoms with E-state index in [0.717, 1.165) is 24.9 Å². The second-order valence-electron chi connectivity index (χ2n) is 4.01. The molecule has 1 fully saturated rings. The fourth-order valence-electron chi connectivity index (χ4n) is 1.65. The Kier molecular flexibility index (Phi) is 2.75. The number of anilines is 2. The van der Waals surface area contributed by atoms with Gasteiger partial charge in [0, 0.05) is 24.5 Å². The van der Waals surface area contributed by atoms with Gasteiger partial charge in [-0.05, 0) is 25.3 Å². The Morgan fingerprint density at radius 3 is 2.93 bits per heavy atom.